The van der Waals surface area contributed by atoms with Crippen LogP contribution in [0, 0.1) is 0 Å². The van der Waals surface area contributed by atoms with Crippen molar-refractivity contribution in [3.63, 3.8) is 0 Å². The van der Waals surface area contributed by atoms with Crippen molar-refractivity contribution in [1.29, 1.82) is 0 Å². The lowest BCUT2D eigenvalue weighted by Crippen LogP contribution is -2.08. The van der Waals surface area contributed by atoms with Gasteiger partial charge in [-0.2, -0.15) is 0 Å². The number of aliphatic carboxylic acids is 1. The van der Waals surface area contributed by atoms with E-state index in [-0.39, 0.29) is 23.5 Å². The minimum atomic E-state index is -3.40. The van der Waals surface area contributed by atoms with Crippen LogP contribution in [0.2, 0.25) is 0 Å². The van der Waals surface area contributed by atoms with Gasteiger partial charge < -0.3 is 9.84 Å². The molecule has 0 bridgehead atoms. The van der Waals surface area contributed by atoms with E-state index < -0.39 is 15.8 Å². The van der Waals surface area contributed by atoms with E-state index >= 15 is 0 Å². The summed E-state index contributed by atoms with van der Waals surface area (Å²) >= 11 is 0. The lowest BCUT2D eigenvalue weighted by atomic mass is 10.3. The standard InChI is InChI=1S/C11H14O5S/c1-16-9-4-6-10(7-5-9)17(14,15)8-2-3-11(12)13/h4-7H,2-3,8H2,1H3,(H,12,13). The molecule has 0 aliphatic carbocycles. The third kappa shape index (κ3) is 4.07. The highest BCUT2D eigenvalue weighted by atomic mass is 32.2. The molecular formula is C11H14O5S. The Hall–Kier alpha value is -1.56. The van der Waals surface area contributed by atoms with E-state index in [1.54, 1.807) is 12.1 Å². The summed E-state index contributed by atoms with van der Waals surface area (Å²) in [5.41, 5.74) is 0. The van der Waals surface area contributed by atoms with Crippen molar-refractivity contribution in [2.24, 2.45) is 0 Å². The first kappa shape index (κ1) is 13.5. The number of benzene rings is 1. The molecule has 1 aromatic rings. The second-order valence-electron chi connectivity index (χ2n) is 3.49. The molecule has 0 saturated heterocycles. The number of hydrogen-bond donors (Lipinski definition) is 1. The lowest BCUT2D eigenvalue weighted by molar-refractivity contribution is -0.137. The molecule has 6 heteroatoms. The van der Waals surface area contributed by atoms with Crippen molar-refractivity contribution >= 4 is 15.8 Å². The van der Waals surface area contributed by atoms with Gasteiger partial charge in [0.25, 0.3) is 0 Å². The predicted octanol–water partition coefficient (Wildman–Crippen LogP) is 1.33. The molecule has 94 valence electrons. The Labute approximate surface area is 100.0 Å². The first-order valence-electron chi connectivity index (χ1n) is 5.04. The number of hydrogen-bond acceptors (Lipinski definition) is 4. The average Bonchev–Trinajstić information content (AvgIpc) is 2.28. The second kappa shape index (κ2) is 5.67. The monoisotopic (exact) mass is 258 g/mol. The van der Waals surface area contributed by atoms with Crippen molar-refractivity contribution in [2.45, 2.75) is 17.7 Å². The number of sulfone groups is 1. The summed E-state index contributed by atoms with van der Waals surface area (Å²) in [6, 6.07) is 6.03. The van der Waals surface area contributed by atoms with Crippen LogP contribution in [0.5, 0.6) is 5.75 Å². The molecule has 0 aliphatic rings. The molecule has 1 N–H and O–H groups in total. The first-order valence-corrected chi connectivity index (χ1v) is 6.69. The number of rotatable bonds is 6. The highest BCUT2D eigenvalue weighted by molar-refractivity contribution is 7.91. The van der Waals surface area contributed by atoms with Crippen LogP contribution in [0.15, 0.2) is 29.2 Å². The van der Waals surface area contributed by atoms with Crippen molar-refractivity contribution in [1.82, 2.24) is 0 Å². The first-order chi connectivity index (χ1) is 7.95. The third-order valence-electron chi connectivity index (χ3n) is 2.22. The van der Waals surface area contributed by atoms with E-state index in [1.165, 1.54) is 19.2 Å². The van der Waals surface area contributed by atoms with Gasteiger partial charge in [0.15, 0.2) is 9.84 Å². The van der Waals surface area contributed by atoms with Crippen LogP contribution >= 0.6 is 0 Å². The normalized spacial score (nSPS) is 11.1. The maximum Gasteiger partial charge on any atom is 0.303 e. The minimum absolute atomic E-state index is 0.115. The number of carboxylic acid groups (broad SMARTS) is 1. The number of carboxylic acids is 1. The Kier molecular flexibility index (Phi) is 4.51. The van der Waals surface area contributed by atoms with Crippen LogP contribution < -0.4 is 4.74 Å². The molecule has 0 spiro atoms. The average molecular weight is 258 g/mol. The molecule has 0 atom stereocenters. The summed E-state index contributed by atoms with van der Waals surface area (Å²) < 4.78 is 28.5. The highest BCUT2D eigenvalue weighted by Crippen LogP contribution is 2.17. The fourth-order valence-corrected chi connectivity index (χ4v) is 2.63. The van der Waals surface area contributed by atoms with E-state index in [0.29, 0.717) is 5.75 Å². The fraction of sp³-hybridized carbons (Fsp3) is 0.364. The van der Waals surface area contributed by atoms with Crippen molar-refractivity contribution in [3.05, 3.63) is 24.3 Å². The molecule has 0 aromatic heterocycles. The third-order valence-corrected chi connectivity index (χ3v) is 4.04. The summed E-state index contributed by atoms with van der Waals surface area (Å²) in [7, 11) is -1.90. The Morgan fingerprint density at radius 1 is 1.29 bits per heavy atom. The van der Waals surface area contributed by atoms with Gasteiger partial charge in [-0.25, -0.2) is 8.42 Å². The van der Waals surface area contributed by atoms with Crippen LogP contribution in [0.1, 0.15) is 12.8 Å². The topological polar surface area (TPSA) is 80.7 Å². The van der Waals surface area contributed by atoms with Gasteiger partial charge in [-0.05, 0) is 30.7 Å². The van der Waals surface area contributed by atoms with Crippen LogP contribution in [0.3, 0.4) is 0 Å². The Bertz CT molecular complexity index is 475. The molecule has 17 heavy (non-hydrogen) atoms. The van der Waals surface area contributed by atoms with Crippen LogP contribution in [-0.4, -0.2) is 32.4 Å². The second-order valence-corrected chi connectivity index (χ2v) is 5.60. The van der Waals surface area contributed by atoms with E-state index in [1.807, 2.05) is 0 Å². The van der Waals surface area contributed by atoms with Gasteiger partial charge in [0, 0.05) is 6.42 Å². The molecule has 0 fully saturated rings. The molecule has 5 nitrogen and oxygen atoms in total. The highest BCUT2D eigenvalue weighted by Gasteiger charge is 2.14. The summed E-state index contributed by atoms with van der Waals surface area (Å²) in [4.78, 5) is 10.5. The van der Waals surface area contributed by atoms with Gasteiger partial charge in [0.05, 0.1) is 17.8 Å². The van der Waals surface area contributed by atoms with Gasteiger partial charge >= 0.3 is 5.97 Å². The van der Waals surface area contributed by atoms with Gasteiger partial charge in [0.1, 0.15) is 5.75 Å². The van der Waals surface area contributed by atoms with E-state index in [2.05, 4.69) is 0 Å². The molecule has 0 heterocycles. The van der Waals surface area contributed by atoms with Gasteiger partial charge in [-0.1, -0.05) is 0 Å². The van der Waals surface area contributed by atoms with Crippen LogP contribution in [-0.2, 0) is 14.6 Å². The van der Waals surface area contributed by atoms with Crippen molar-refractivity contribution in [2.75, 3.05) is 12.9 Å². The van der Waals surface area contributed by atoms with Crippen LogP contribution in [0.4, 0.5) is 0 Å². The molecule has 0 amide bonds. The largest absolute Gasteiger partial charge is 0.497 e. The summed E-state index contributed by atoms with van der Waals surface area (Å²) in [6.45, 7) is 0. The van der Waals surface area contributed by atoms with Gasteiger partial charge in [0.2, 0.25) is 0 Å². The molecule has 0 saturated carbocycles. The predicted molar refractivity (Wildman–Crippen MR) is 61.9 cm³/mol. The Morgan fingerprint density at radius 2 is 1.88 bits per heavy atom. The van der Waals surface area contributed by atoms with Crippen molar-refractivity contribution in [3.8, 4) is 5.75 Å². The fourth-order valence-electron chi connectivity index (χ4n) is 1.31. The summed E-state index contributed by atoms with van der Waals surface area (Å²) in [6.07, 6.45) is -0.0287. The number of methoxy groups -OCH3 is 1. The number of carbonyl (C=O) groups is 1. The van der Waals surface area contributed by atoms with Crippen LogP contribution in [0.25, 0.3) is 0 Å². The SMILES string of the molecule is COc1ccc(S(=O)(=O)CCCC(=O)O)cc1. The molecular weight excluding hydrogens is 244 g/mol. The molecule has 0 aliphatic heterocycles. The van der Waals surface area contributed by atoms with E-state index in [0.717, 1.165) is 0 Å². The van der Waals surface area contributed by atoms with Crippen molar-refractivity contribution < 1.29 is 23.1 Å². The zero-order chi connectivity index (χ0) is 12.9. The van der Waals surface area contributed by atoms with E-state index in [9.17, 15) is 13.2 Å². The van der Waals surface area contributed by atoms with Gasteiger partial charge in [-0.15, -0.1) is 0 Å². The zero-order valence-corrected chi connectivity index (χ0v) is 10.2. The summed E-state index contributed by atoms with van der Waals surface area (Å²) in [5, 5.41) is 8.44. The molecule has 0 unspecified atom stereocenters. The maximum atomic E-state index is 11.8. The quantitative estimate of drug-likeness (QED) is 0.832. The minimum Gasteiger partial charge on any atom is -0.497 e. The van der Waals surface area contributed by atoms with Gasteiger partial charge in [-0.3, -0.25) is 4.79 Å². The summed E-state index contributed by atoms with van der Waals surface area (Å²) in [5.74, 6) is -0.574. The van der Waals surface area contributed by atoms with E-state index in [4.69, 9.17) is 9.84 Å². The molecule has 0 radical (unpaired) electrons. The molecule has 1 rings (SSSR count). The smallest absolute Gasteiger partial charge is 0.303 e. The molecule has 1 aromatic carbocycles. The number of ether oxygens (including phenoxy) is 1. The Balaban J connectivity index is 2.72. The maximum absolute atomic E-state index is 11.8. The Morgan fingerprint density at radius 3 is 2.35 bits per heavy atom. The lowest BCUT2D eigenvalue weighted by Gasteiger charge is -2.04. The zero-order valence-electron chi connectivity index (χ0n) is 9.42.